The molecule has 0 spiro atoms. The van der Waals surface area contributed by atoms with Crippen molar-refractivity contribution in [3.8, 4) is 0 Å². The fourth-order valence-corrected chi connectivity index (χ4v) is 2.15. The van der Waals surface area contributed by atoms with E-state index in [4.69, 9.17) is 0 Å². The first-order valence-corrected chi connectivity index (χ1v) is 5.65. The number of aliphatic hydroxyl groups is 1. The molecule has 1 unspecified atom stereocenters. The Labute approximate surface area is 96.1 Å². The van der Waals surface area contributed by atoms with Crippen molar-refractivity contribution in [2.75, 3.05) is 13.1 Å². The van der Waals surface area contributed by atoms with Gasteiger partial charge in [-0.15, -0.1) is 0 Å². The summed E-state index contributed by atoms with van der Waals surface area (Å²) >= 11 is 3.05. The van der Waals surface area contributed by atoms with E-state index in [1.165, 1.54) is 0 Å². The number of nitrogens with zero attached hydrogens (tertiary/aromatic N) is 2. The van der Waals surface area contributed by atoms with Crippen LogP contribution >= 0.6 is 15.9 Å². The second-order valence-corrected chi connectivity index (χ2v) is 4.50. The summed E-state index contributed by atoms with van der Waals surface area (Å²) in [6.07, 6.45) is 2.08. The molecule has 1 fully saturated rings. The number of halogens is 2. The van der Waals surface area contributed by atoms with Gasteiger partial charge in [0.25, 0.3) is 0 Å². The highest BCUT2D eigenvalue weighted by molar-refractivity contribution is 9.10. The zero-order valence-electron chi connectivity index (χ0n) is 8.16. The van der Waals surface area contributed by atoms with E-state index in [0.717, 1.165) is 13.0 Å². The smallest absolute Gasteiger partial charge is 0.160 e. The molecule has 1 aromatic rings. The number of aliphatic hydroxyl groups excluding tert-OH is 1. The van der Waals surface area contributed by atoms with Crippen molar-refractivity contribution in [1.29, 1.82) is 0 Å². The van der Waals surface area contributed by atoms with E-state index in [1.807, 2.05) is 4.90 Å². The van der Waals surface area contributed by atoms with E-state index in [2.05, 4.69) is 20.9 Å². The molecule has 1 aliphatic rings. The van der Waals surface area contributed by atoms with Crippen LogP contribution in [-0.4, -0.2) is 34.2 Å². The van der Waals surface area contributed by atoms with Crippen molar-refractivity contribution in [3.63, 3.8) is 0 Å². The van der Waals surface area contributed by atoms with Gasteiger partial charge in [-0.25, -0.2) is 9.37 Å². The van der Waals surface area contributed by atoms with Gasteiger partial charge in [0.05, 0.1) is 6.10 Å². The number of rotatable bonds is 2. The van der Waals surface area contributed by atoms with Crippen LogP contribution in [0.15, 0.2) is 16.9 Å². The molecule has 0 radical (unpaired) electrons. The molecular formula is C10H12BrFN2O. The monoisotopic (exact) mass is 274 g/mol. The third kappa shape index (κ3) is 2.53. The van der Waals surface area contributed by atoms with Crippen molar-refractivity contribution in [2.45, 2.75) is 19.1 Å². The third-order valence-corrected chi connectivity index (χ3v) is 3.12. The highest BCUT2D eigenvalue weighted by atomic mass is 79.9. The summed E-state index contributed by atoms with van der Waals surface area (Å²) in [6, 6.07) is 1.67. The second kappa shape index (κ2) is 4.55. The molecule has 3 nitrogen and oxygen atoms in total. The van der Waals surface area contributed by atoms with Gasteiger partial charge in [0, 0.05) is 31.4 Å². The first kappa shape index (κ1) is 11.0. The number of β-amino-alcohol motifs (C(OH)–C–C–N with tert-alkyl or cyclic N) is 1. The van der Waals surface area contributed by atoms with Crippen LogP contribution in [0.4, 0.5) is 4.39 Å². The average Bonchev–Trinajstić information content (AvgIpc) is 2.59. The van der Waals surface area contributed by atoms with Crippen molar-refractivity contribution < 1.29 is 9.50 Å². The molecule has 2 heterocycles. The standard InChI is InChI=1S/C10H12BrFN2O/c11-10-9(12)7(1-3-13-10)5-14-4-2-8(15)6-14/h1,3,8,15H,2,4-6H2. The van der Waals surface area contributed by atoms with Crippen LogP contribution in [-0.2, 0) is 6.54 Å². The number of aromatic nitrogens is 1. The maximum atomic E-state index is 13.6. The Morgan fingerprint density at radius 2 is 2.47 bits per heavy atom. The summed E-state index contributed by atoms with van der Waals surface area (Å²) in [7, 11) is 0. The largest absolute Gasteiger partial charge is 0.392 e. The zero-order valence-corrected chi connectivity index (χ0v) is 9.74. The summed E-state index contributed by atoms with van der Waals surface area (Å²) in [5, 5.41) is 9.34. The average molecular weight is 275 g/mol. The fraction of sp³-hybridized carbons (Fsp3) is 0.500. The Kier molecular flexibility index (Phi) is 3.33. The molecule has 82 valence electrons. The summed E-state index contributed by atoms with van der Waals surface area (Å²) < 4.78 is 13.8. The Balaban J connectivity index is 2.07. The molecule has 1 atom stereocenters. The highest BCUT2D eigenvalue weighted by Gasteiger charge is 2.21. The van der Waals surface area contributed by atoms with Gasteiger partial charge in [-0.05, 0) is 28.4 Å². The molecule has 0 saturated carbocycles. The van der Waals surface area contributed by atoms with Gasteiger partial charge >= 0.3 is 0 Å². The zero-order chi connectivity index (χ0) is 10.8. The van der Waals surface area contributed by atoms with Gasteiger partial charge in [-0.1, -0.05) is 0 Å². The maximum Gasteiger partial charge on any atom is 0.160 e. The van der Waals surface area contributed by atoms with Gasteiger partial charge in [0.2, 0.25) is 0 Å². The first-order valence-electron chi connectivity index (χ1n) is 4.86. The molecule has 0 aromatic carbocycles. The van der Waals surface area contributed by atoms with Crippen molar-refractivity contribution >= 4 is 15.9 Å². The number of likely N-dealkylation sites (tertiary alicyclic amines) is 1. The summed E-state index contributed by atoms with van der Waals surface area (Å²) in [4.78, 5) is 5.84. The van der Waals surface area contributed by atoms with E-state index in [0.29, 0.717) is 18.7 Å². The molecule has 15 heavy (non-hydrogen) atoms. The molecule has 1 N–H and O–H groups in total. The van der Waals surface area contributed by atoms with E-state index >= 15 is 0 Å². The number of hydrogen-bond acceptors (Lipinski definition) is 3. The molecule has 1 aliphatic heterocycles. The second-order valence-electron chi connectivity index (χ2n) is 3.75. The number of hydrogen-bond donors (Lipinski definition) is 1. The van der Waals surface area contributed by atoms with Gasteiger partial charge in [-0.3, -0.25) is 4.90 Å². The molecule has 1 aromatic heterocycles. The molecule has 2 rings (SSSR count). The van der Waals surface area contributed by atoms with E-state index in [9.17, 15) is 9.50 Å². The Morgan fingerprint density at radius 1 is 1.67 bits per heavy atom. The van der Waals surface area contributed by atoms with Crippen LogP contribution in [0.2, 0.25) is 0 Å². The quantitative estimate of drug-likeness (QED) is 0.832. The number of pyridine rings is 1. The van der Waals surface area contributed by atoms with Crippen molar-refractivity contribution in [2.24, 2.45) is 0 Å². The lowest BCUT2D eigenvalue weighted by Gasteiger charge is -2.15. The maximum absolute atomic E-state index is 13.6. The van der Waals surface area contributed by atoms with Crippen molar-refractivity contribution in [1.82, 2.24) is 9.88 Å². The molecule has 0 aliphatic carbocycles. The van der Waals surface area contributed by atoms with Crippen LogP contribution in [0.3, 0.4) is 0 Å². The first-order chi connectivity index (χ1) is 7.16. The highest BCUT2D eigenvalue weighted by Crippen LogP contribution is 2.19. The van der Waals surface area contributed by atoms with Gasteiger partial charge in [0.15, 0.2) is 5.82 Å². The fourth-order valence-electron chi connectivity index (χ4n) is 1.77. The van der Waals surface area contributed by atoms with E-state index in [-0.39, 0.29) is 16.5 Å². The van der Waals surface area contributed by atoms with Gasteiger partial charge in [0.1, 0.15) is 4.60 Å². The van der Waals surface area contributed by atoms with Gasteiger partial charge < -0.3 is 5.11 Å². The van der Waals surface area contributed by atoms with Crippen molar-refractivity contribution in [3.05, 3.63) is 28.2 Å². The summed E-state index contributed by atoms with van der Waals surface area (Å²) in [5.41, 5.74) is 0.617. The molecule has 0 amide bonds. The summed E-state index contributed by atoms with van der Waals surface area (Å²) in [5.74, 6) is -0.307. The lowest BCUT2D eigenvalue weighted by atomic mass is 10.2. The van der Waals surface area contributed by atoms with E-state index in [1.54, 1.807) is 12.3 Å². The predicted octanol–water partition coefficient (Wildman–Crippen LogP) is 1.55. The van der Waals surface area contributed by atoms with Crippen LogP contribution in [0, 0.1) is 5.82 Å². The lowest BCUT2D eigenvalue weighted by molar-refractivity contribution is 0.174. The van der Waals surface area contributed by atoms with Gasteiger partial charge in [-0.2, -0.15) is 0 Å². The third-order valence-electron chi connectivity index (χ3n) is 2.57. The Bertz CT molecular complexity index is 361. The lowest BCUT2D eigenvalue weighted by Crippen LogP contribution is -2.22. The van der Waals surface area contributed by atoms with Crippen LogP contribution in [0.1, 0.15) is 12.0 Å². The molecule has 1 saturated heterocycles. The van der Waals surface area contributed by atoms with Crippen LogP contribution in [0.25, 0.3) is 0 Å². The Morgan fingerprint density at radius 3 is 3.13 bits per heavy atom. The van der Waals surface area contributed by atoms with E-state index < -0.39 is 0 Å². The predicted molar refractivity (Wildman–Crippen MR) is 57.8 cm³/mol. The summed E-state index contributed by atoms with van der Waals surface area (Å²) in [6.45, 7) is 1.98. The SMILES string of the molecule is OC1CCN(Cc2ccnc(Br)c2F)C1. The minimum Gasteiger partial charge on any atom is -0.392 e. The topological polar surface area (TPSA) is 36.4 Å². The minimum absolute atomic E-state index is 0.250. The molecular weight excluding hydrogens is 263 g/mol. The molecule has 5 heteroatoms. The molecule has 0 bridgehead atoms. The normalized spacial score (nSPS) is 22.2. The van der Waals surface area contributed by atoms with Crippen LogP contribution < -0.4 is 0 Å². The minimum atomic E-state index is -0.307. The Hall–Kier alpha value is -0.520. The van der Waals surface area contributed by atoms with Crippen LogP contribution in [0.5, 0.6) is 0 Å².